The van der Waals surface area contributed by atoms with Crippen molar-refractivity contribution in [2.24, 2.45) is 5.41 Å². The molecule has 1 aliphatic rings. The first-order valence-corrected chi connectivity index (χ1v) is 19.9. The molecule has 3 amide bonds. The number of esters is 1. The zero-order valence-corrected chi connectivity index (χ0v) is 34.9. The zero-order valence-electron chi connectivity index (χ0n) is 34.2. The Balaban J connectivity index is 0.991. The SMILES string of the molecule is CC(C)OC(=O)c1cccc(-c2ccc(NC(=O)C(=O)NCC(C)(C)CNC(=O)c3ccc(Nc4nc(NC5(c6ccc(Cl)cc6)CC5)nc(OCC(F)(F)F)n4)cc3)cc2)c1. The van der Waals surface area contributed by atoms with Gasteiger partial charge in [-0.3, -0.25) is 14.4 Å². The number of hydrogen-bond acceptors (Lipinski definition) is 11. The van der Waals surface area contributed by atoms with E-state index in [0.717, 1.165) is 29.5 Å². The maximum Gasteiger partial charge on any atom is 0.422 e. The first kappa shape index (κ1) is 44.8. The van der Waals surface area contributed by atoms with Crippen molar-refractivity contribution in [2.75, 3.05) is 35.6 Å². The highest BCUT2D eigenvalue weighted by Crippen LogP contribution is 2.48. The number of ether oxygens (including phenoxy) is 2. The largest absolute Gasteiger partial charge is 0.459 e. The molecule has 18 heteroatoms. The van der Waals surface area contributed by atoms with Crippen molar-refractivity contribution in [1.82, 2.24) is 25.6 Å². The monoisotopic (exact) mass is 872 g/mol. The van der Waals surface area contributed by atoms with Crippen LogP contribution in [0.15, 0.2) is 97.1 Å². The van der Waals surface area contributed by atoms with Gasteiger partial charge in [-0.05, 0) is 109 Å². The number of aromatic nitrogens is 3. The molecule has 0 aliphatic heterocycles. The average molecular weight is 873 g/mol. The summed E-state index contributed by atoms with van der Waals surface area (Å²) < 4.78 is 49.1. The van der Waals surface area contributed by atoms with Crippen molar-refractivity contribution in [3.63, 3.8) is 0 Å². The Morgan fingerprint density at radius 1 is 0.758 bits per heavy atom. The van der Waals surface area contributed by atoms with Gasteiger partial charge in [-0.15, -0.1) is 0 Å². The Hall–Kier alpha value is -6.75. The number of benzene rings is 4. The highest BCUT2D eigenvalue weighted by atomic mass is 35.5. The van der Waals surface area contributed by atoms with E-state index in [-0.39, 0.29) is 31.1 Å². The molecule has 1 saturated carbocycles. The van der Waals surface area contributed by atoms with Gasteiger partial charge in [0.15, 0.2) is 6.61 Å². The van der Waals surface area contributed by atoms with E-state index in [1.54, 1.807) is 94.4 Å². The van der Waals surface area contributed by atoms with Crippen molar-refractivity contribution in [1.29, 1.82) is 0 Å². The number of carbonyl (C=O) groups excluding carboxylic acids is 4. The van der Waals surface area contributed by atoms with Crippen LogP contribution < -0.4 is 31.3 Å². The van der Waals surface area contributed by atoms with Crippen LogP contribution in [0, 0.1) is 5.41 Å². The molecular weight excluding hydrogens is 829 g/mol. The van der Waals surface area contributed by atoms with E-state index in [4.69, 9.17) is 21.1 Å². The van der Waals surface area contributed by atoms with Crippen LogP contribution in [0.4, 0.5) is 36.4 Å². The Morgan fingerprint density at radius 3 is 2.05 bits per heavy atom. The third-order valence-corrected chi connectivity index (χ3v) is 9.71. The number of nitrogens with zero attached hydrogens (tertiary/aromatic N) is 3. The van der Waals surface area contributed by atoms with E-state index in [1.807, 2.05) is 18.2 Å². The summed E-state index contributed by atoms with van der Waals surface area (Å²) in [5.74, 6) is -2.66. The molecule has 0 unspecified atom stereocenters. The number of nitrogens with one attached hydrogen (secondary N) is 5. The first-order chi connectivity index (χ1) is 29.3. The van der Waals surface area contributed by atoms with Crippen molar-refractivity contribution in [3.05, 3.63) is 119 Å². The fourth-order valence-corrected chi connectivity index (χ4v) is 6.16. The molecule has 14 nitrogen and oxygen atoms in total. The Morgan fingerprint density at radius 2 is 1.40 bits per heavy atom. The summed E-state index contributed by atoms with van der Waals surface area (Å²) >= 11 is 6.05. The van der Waals surface area contributed by atoms with Gasteiger partial charge in [0.05, 0.1) is 17.2 Å². The summed E-state index contributed by atoms with van der Waals surface area (Å²) in [4.78, 5) is 63.2. The number of alkyl halides is 3. The van der Waals surface area contributed by atoms with E-state index >= 15 is 0 Å². The van der Waals surface area contributed by atoms with Crippen LogP contribution in [0.5, 0.6) is 6.01 Å². The molecule has 0 atom stereocenters. The van der Waals surface area contributed by atoms with Gasteiger partial charge in [0.25, 0.3) is 5.91 Å². The molecule has 1 aliphatic carbocycles. The zero-order chi connectivity index (χ0) is 44.7. The van der Waals surface area contributed by atoms with Crippen molar-refractivity contribution in [3.8, 4) is 17.1 Å². The summed E-state index contributed by atoms with van der Waals surface area (Å²) in [6, 6.07) is 26.6. The number of amides is 3. The summed E-state index contributed by atoms with van der Waals surface area (Å²) in [7, 11) is 0. The lowest BCUT2D eigenvalue weighted by atomic mass is 9.93. The molecular formula is C44H44ClF3N8O6. The third-order valence-electron chi connectivity index (χ3n) is 9.46. The minimum absolute atomic E-state index is 0.000121. The van der Waals surface area contributed by atoms with Gasteiger partial charge in [0, 0.05) is 35.1 Å². The lowest BCUT2D eigenvalue weighted by molar-refractivity contribution is -0.154. The Kier molecular flexibility index (Phi) is 13.6. The average Bonchev–Trinajstić information content (AvgIpc) is 4.01. The molecule has 0 spiro atoms. The smallest absolute Gasteiger partial charge is 0.422 e. The topological polar surface area (TPSA) is 186 Å². The number of hydrogen-bond donors (Lipinski definition) is 5. The predicted molar refractivity (Wildman–Crippen MR) is 227 cm³/mol. The number of carbonyl (C=O) groups is 4. The van der Waals surface area contributed by atoms with E-state index in [9.17, 15) is 32.3 Å². The van der Waals surface area contributed by atoms with Crippen LogP contribution in [0.1, 0.15) is 66.8 Å². The fraction of sp³-hybridized carbons (Fsp3) is 0.295. The lowest BCUT2D eigenvalue weighted by Crippen LogP contribution is -2.44. The molecule has 6 rings (SSSR count). The van der Waals surface area contributed by atoms with Crippen LogP contribution in [-0.2, 0) is 19.9 Å². The van der Waals surface area contributed by atoms with Gasteiger partial charge in [0.1, 0.15) is 0 Å². The molecule has 1 fully saturated rings. The van der Waals surface area contributed by atoms with Gasteiger partial charge < -0.3 is 36.1 Å². The van der Waals surface area contributed by atoms with Crippen LogP contribution >= 0.6 is 11.6 Å². The second-order valence-electron chi connectivity index (χ2n) is 15.7. The number of anilines is 4. The second kappa shape index (κ2) is 18.9. The Bertz CT molecular complexity index is 2410. The highest BCUT2D eigenvalue weighted by Gasteiger charge is 2.45. The van der Waals surface area contributed by atoms with Gasteiger partial charge >= 0.3 is 30.0 Å². The summed E-state index contributed by atoms with van der Waals surface area (Å²) in [5.41, 5.74) is 2.81. The molecule has 324 valence electrons. The van der Waals surface area contributed by atoms with Gasteiger partial charge in [-0.25, -0.2) is 4.79 Å². The van der Waals surface area contributed by atoms with E-state index < -0.39 is 53.4 Å². The van der Waals surface area contributed by atoms with Gasteiger partial charge in [-0.1, -0.05) is 61.8 Å². The molecule has 5 N–H and O–H groups in total. The molecule has 1 aromatic heterocycles. The summed E-state index contributed by atoms with van der Waals surface area (Å²) in [6.07, 6.45) is -3.42. The van der Waals surface area contributed by atoms with E-state index in [0.29, 0.717) is 27.5 Å². The quantitative estimate of drug-likeness (QED) is 0.0477. The summed E-state index contributed by atoms with van der Waals surface area (Å²) in [5, 5.41) is 14.7. The minimum atomic E-state index is -4.62. The van der Waals surface area contributed by atoms with Gasteiger partial charge in [0.2, 0.25) is 11.9 Å². The maximum absolute atomic E-state index is 13.1. The minimum Gasteiger partial charge on any atom is -0.459 e. The van der Waals surface area contributed by atoms with Crippen molar-refractivity contribution >= 4 is 58.6 Å². The molecule has 62 heavy (non-hydrogen) atoms. The second-order valence-corrected chi connectivity index (χ2v) is 16.1. The van der Waals surface area contributed by atoms with E-state index in [2.05, 4.69) is 41.5 Å². The predicted octanol–water partition coefficient (Wildman–Crippen LogP) is 8.05. The van der Waals surface area contributed by atoms with Crippen molar-refractivity contribution < 1.29 is 41.8 Å². The maximum atomic E-state index is 13.1. The van der Waals surface area contributed by atoms with Crippen LogP contribution in [0.2, 0.25) is 5.02 Å². The molecule has 0 radical (unpaired) electrons. The fourth-order valence-electron chi connectivity index (χ4n) is 6.03. The standard InChI is InChI=1S/C44H44ClF3N8O6/c1-26(2)62-38(60)30-7-5-6-29(22-30)27-8-16-33(17-9-27)51-37(59)36(58)50-24-42(3,4)23-49-35(57)28-10-18-34(19-11-28)52-39-53-40(55-41(54-39)61-25-44(46,47)48)56-43(20-21-43)31-12-14-32(45)15-13-31/h5-19,22,26H,20-21,23-25H2,1-4H3,(H,49,57)(H,50,58)(H,51,59)(H2,52,53,54,55,56). The lowest BCUT2D eigenvalue weighted by Gasteiger charge is -2.25. The van der Waals surface area contributed by atoms with Gasteiger partial charge in [-0.2, -0.15) is 28.1 Å². The number of halogens is 4. The third kappa shape index (κ3) is 12.6. The first-order valence-electron chi connectivity index (χ1n) is 19.5. The molecule has 4 aromatic carbocycles. The Labute approximate surface area is 360 Å². The number of rotatable bonds is 16. The molecule has 0 saturated heterocycles. The normalized spacial score (nSPS) is 13.1. The summed E-state index contributed by atoms with van der Waals surface area (Å²) in [6.45, 7) is 5.76. The van der Waals surface area contributed by atoms with Crippen molar-refractivity contribution in [2.45, 2.75) is 58.4 Å². The highest BCUT2D eigenvalue weighted by molar-refractivity contribution is 6.39. The van der Waals surface area contributed by atoms with Crippen LogP contribution in [0.25, 0.3) is 11.1 Å². The van der Waals surface area contributed by atoms with E-state index in [1.165, 1.54) is 12.1 Å². The molecule has 5 aromatic rings. The van der Waals surface area contributed by atoms with Crippen LogP contribution in [-0.4, -0.2) is 70.6 Å². The molecule has 1 heterocycles. The molecule has 0 bridgehead atoms. The van der Waals surface area contributed by atoms with Crippen LogP contribution in [0.3, 0.4) is 0 Å².